The van der Waals surface area contributed by atoms with E-state index in [1.807, 2.05) is 6.92 Å². The second-order valence-corrected chi connectivity index (χ2v) is 3.85. The number of nitriles is 1. The predicted octanol–water partition coefficient (Wildman–Crippen LogP) is 2.74. The summed E-state index contributed by atoms with van der Waals surface area (Å²) in [4.78, 5) is 8.59. The molecule has 0 saturated carbocycles. The van der Waals surface area contributed by atoms with Gasteiger partial charge in [-0.2, -0.15) is 10.2 Å². The maximum Gasteiger partial charge on any atom is 0.224 e. The zero-order chi connectivity index (χ0) is 13.7. The van der Waals surface area contributed by atoms with Crippen LogP contribution >= 0.6 is 0 Å². The molecule has 19 heavy (non-hydrogen) atoms. The molecule has 1 aromatic heterocycles. The summed E-state index contributed by atoms with van der Waals surface area (Å²) in [5.41, 5.74) is 0.552. The molecule has 0 aliphatic carbocycles. The smallest absolute Gasteiger partial charge is 0.224 e. The van der Waals surface area contributed by atoms with Gasteiger partial charge < -0.3 is 10.1 Å². The number of hydrogen-bond donors (Lipinski definition) is 1. The van der Waals surface area contributed by atoms with Crippen LogP contribution < -0.4 is 10.1 Å². The number of hydrogen-bond acceptors (Lipinski definition) is 5. The number of aromatic nitrogens is 2. The lowest BCUT2D eigenvalue weighted by molar-refractivity contribution is 0.459. The zero-order valence-electron chi connectivity index (χ0n) is 10.8. The molecule has 96 valence electrons. The van der Waals surface area contributed by atoms with Gasteiger partial charge in [-0.15, -0.1) is 0 Å². The molecule has 0 aliphatic heterocycles. The third kappa shape index (κ3) is 3.19. The van der Waals surface area contributed by atoms with Crippen molar-refractivity contribution in [3.8, 4) is 17.7 Å². The van der Waals surface area contributed by atoms with Crippen LogP contribution in [0, 0.1) is 11.3 Å². The van der Waals surface area contributed by atoms with Crippen molar-refractivity contribution in [3.63, 3.8) is 0 Å². The van der Waals surface area contributed by atoms with E-state index in [1.165, 1.54) is 0 Å². The first-order valence-corrected chi connectivity index (χ1v) is 5.99. The Labute approximate surface area is 111 Å². The van der Waals surface area contributed by atoms with Crippen molar-refractivity contribution in [1.29, 1.82) is 5.26 Å². The Balaban J connectivity index is 2.29. The molecule has 5 nitrogen and oxygen atoms in total. The lowest BCUT2D eigenvalue weighted by Crippen LogP contribution is -2.01. The molecule has 0 bridgehead atoms. The fourth-order valence-corrected chi connectivity index (χ4v) is 1.56. The largest absolute Gasteiger partial charge is 0.439 e. The van der Waals surface area contributed by atoms with Crippen molar-refractivity contribution in [3.05, 3.63) is 41.7 Å². The molecule has 1 aromatic carbocycles. The molecule has 2 rings (SSSR count). The molecule has 0 radical (unpaired) electrons. The van der Waals surface area contributed by atoms with Crippen LogP contribution in [-0.2, 0) is 6.42 Å². The topological polar surface area (TPSA) is 70.8 Å². The average Bonchev–Trinajstić information content (AvgIpc) is 2.47. The number of nitrogens with zero attached hydrogens (tertiary/aromatic N) is 3. The third-order valence-corrected chi connectivity index (χ3v) is 2.51. The highest BCUT2D eigenvalue weighted by Crippen LogP contribution is 2.22. The Morgan fingerprint density at radius 1 is 1.32 bits per heavy atom. The van der Waals surface area contributed by atoms with Crippen LogP contribution in [0.25, 0.3) is 0 Å². The lowest BCUT2D eigenvalue weighted by Gasteiger charge is -2.08. The van der Waals surface area contributed by atoms with Gasteiger partial charge in [-0.3, -0.25) is 0 Å². The van der Waals surface area contributed by atoms with Crippen LogP contribution in [0.2, 0.25) is 0 Å². The van der Waals surface area contributed by atoms with Crippen LogP contribution in [0.15, 0.2) is 30.3 Å². The molecule has 0 amide bonds. The maximum atomic E-state index is 8.85. The normalized spacial score (nSPS) is 9.74. The van der Waals surface area contributed by atoms with E-state index >= 15 is 0 Å². The van der Waals surface area contributed by atoms with Gasteiger partial charge in [0.1, 0.15) is 17.4 Å². The predicted molar refractivity (Wildman–Crippen MR) is 72.2 cm³/mol. The van der Waals surface area contributed by atoms with E-state index in [4.69, 9.17) is 10.00 Å². The van der Waals surface area contributed by atoms with Gasteiger partial charge in [-0.25, -0.2) is 4.98 Å². The van der Waals surface area contributed by atoms with Gasteiger partial charge in [0.15, 0.2) is 0 Å². The van der Waals surface area contributed by atoms with Crippen molar-refractivity contribution in [1.82, 2.24) is 9.97 Å². The number of ether oxygens (including phenoxy) is 1. The number of rotatable bonds is 4. The molecular weight excluding hydrogens is 240 g/mol. The molecule has 0 fully saturated rings. The fraction of sp³-hybridized carbons (Fsp3) is 0.214. The van der Waals surface area contributed by atoms with Gasteiger partial charge in [0, 0.05) is 19.5 Å². The van der Waals surface area contributed by atoms with E-state index in [9.17, 15) is 0 Å². The Hall–Kier alpha value is -2.61. The Morgan fingerprint density at radius 3 is 2.84 bits per heavy atom. The zero-order valence-corrected chi connectivity index (χ0v) is 10.8. The van der Waals surface area contributed by atoms with Crippen molar-refractivity contribution in [2.24, 2.45) is 0 Å². The van der Waals surface area contributed by atoms with Crippen LogP contribution in [0.5, 0.6) is 11.6 Å². The minimum Gasteiger partial charge on any atom is -0.439 e. The molecular formula is C14H14N4O. The number of anilines is 1. The van der Waals surface area contributed by atoms with E-state index in [2.05, 4.69) is 21.4 Å². The van der Waals surface area contributed by atoms with Gasteiger partial charge in [0.25, 0.3) is 0 Å². The standard InChI is InChI=1S/C14H14N4O/c1-3-12-17-13(16-2)8-14(18-12)19-11-6-4-5-10(7-11)9-15/h4-8H,3H2,1-2H3,(H,16,17,18). The summed E-state index contributed by atoms with van der Waals surface area (Å²) in [6.07, 6.45) is 0.726. The molecule has 0 unspecified atom stereocenters. The Bertz CT molecular complexity index is 597. The fourth-order valence-electron chi connectivity index (χ4n) is 1.56. The van der Waals surface area contributed by atoms with Gasteiger partial charge in [-0.05, 0) is 18.2 Å². The maximum absolute atomic E-state index is 8.85. The molecule has 0 spiro atoms. The van der Waals surface area contributed by atoms with Crippen molar-refractivity contribution >= 4 is 5.82 Å². The van der Waals surface area contributed by atoms with Crippen LogP contribution in [0.4, 0.5) is 5.82 Å². The molecule has 0 saturated heterocycles. The second kappa shape index (κ2) is 5.83. The first-order chi connectivity index (χ1) is 9.25. The van der Waals surface area contributed by atoms with Crippen LogP contribution in [0.3, 0.4) is 0 Å². The number of benzene rings is 1. The summed E-state index contributed by atoms with van der Waals surface area (Å²) < 4.78 is 5.66. The minimum atomic E-state index is 0.464. The summed E-state index contributed by atoms with van der Waals surface area (Å²) in [5, 5.41) is 11.8. The lowest BCUT2D eigenvalue weighted by atomic mass is 10.2. The SMILES string of the molecule is CCc1nc(NC)cc(Oc2cccc(C#N)c2)n1. The first kappa shape index (κ1) is 12.8. The third-order valence-electron chi connectivity index (χ3n) is 2.51. The summed E-state index contributed by atoms with van der Waals surface area (Å²) in [6.45, 7) is 1.98. The summed E-state index contributed by atoms with van der Waals surface area (Å²) in [5.74, 6) is 2.46. The van der Waals surface area contributed by atoms with E-state index < -0.39 is 0 Å². The van der Waals surface area contributed by atoms with E-state index in [1.54, 1.807) is 37.4 Å². The van der Waals surface area contributed by atoms with E-state index in [-0.39, 0.29) is 0 Å². The summed E-state index contributed by atoms with van der Waals surface area (Å²) >= 11 is 0. The number of aryl methyl sites for hydroxylation is 1. The highest BCUT2D eigenvalue weighted by molar-refractivity contribution is 5.41. The highest BCUT2D eigenvalue weighted by Gasteiger charge is 2.05. The molecule has 0 aliphatic rings. The van der Waals surface area contributed by atoms with E-state index in [0.717, 1.165) is 6.42 Å². The van der Waals surface area contributed by atoms with Crippen molar-refractivity contribution in [2.75, 3.05) is 12.4 Å². The molecule has 2 aromatic rings. The molecule has 0 atom stereocenters. The van der Waals surface area contributed by atoms with Crippen LogP contribution in [-0.4, -0.2) is 17.0 Å². The quantitative estimate of drug-likeness (QED) is 0.908. The Kier molecular flexibility index (Phi) is 3.94. The first-order valence-electron chi connectivity index (χ1n) is 5.99. The van der Waals surface area contributed by atoms with Gasteiger partial charge in [-0.1, -0.05) is 13.0 Å². The second-order valence-electron chi connectivity index (χ2n) is 3.85. The monoisotopic (exact) mass is 254 g/mol. The van der Waals surface area contributed by atoms with Gasteiger partial charge in [0.2, 0.25) is 5.88 Å². The average molecular weight is 254 g/mol. The molecule has 1 heterocycles. The molecule has 5 heteroatoms. The van der Waals surface area contributed by atoms with Gasteiger partial charge in [0.05, 0.1) is 11.6 Å². The van der Waals surface area contributed by atoms with Crippen molar-refractivity contribution < 1.29 is 4.74 Å². The summed E-state index contributed by atoms with van der Waals surface area (Å²) in [6, 6.07) is 10.8. The van der Waals surface area contributed by atoms with Crippen LogP contribution in [0.1, 0.15) is 18.3 Å². The minimum absolute atomic E-state index is 0.464. The van der Waals surface area contributed by atoms with Gasteiger partial charge >= 0.3 is 0 Å². The Morgan fingerprint density at radius 2 is 2.16 bits per heavy atom. The molecule has 1 N–H and O–H groups in total. The highest BCUT2D eigenvalue weighted by atomic mass is 16.5. The number of nitrogens with one attached hydrogen (secondary N) is 1. The summed E-state index contributed by atoms with van der Waals surface area (Å²) in [7, 11) is 1.79. The van der Waals surface area contributed by atoms with Crippen molar-refractivity contribution in [2.45, 2.75) is 13.3 Å². The van der Waals surface area contributed by atoms with E-state index in [0.29, 0.717) is 28.8 Å².